The molecule has 1 amide bonds. The molecule has 0 saturated heterocycles. The van der Waals surface area contributed by atoms with Crippen LogP contribution < -0.4 is 5.32 Å². The van der Waals surface area contributed by atoms with Crippen molar-refractivity contribution < 1.29 is 18.0 Å². The normalized spacial score (nSPS) is 11.6. The third-order valence-electron chi connectivity index (χ3n) is 3.85. The molecule has 11 heteroatoms. The van der Waals surface area contributed by atoms with Crippen LogP contribution in [0.3, 0.4) is 0 Å². The third kappa shape index (κ3) is 4.66. The number of hydrogen-bond acceptors (Lipinski definition) is 3. The van der Waals surface area contributed by atoms with Gasteiger partial charge in [0, 0.05) is 11.2 Å². The molecule has 1 N–H and O–H groups in total. The molecule has 0 aliphatic carbocycles. The summed E-state index contributed by atoms with van der Waals surface area (Å²) in [4.78, 5) is 12.2. The van der Waals surface area contributed by atoms with Gasteiger partial charge in [-0.25, -0.2) is 0 Å². The number of benzene rings is 1. The van der Waals surface area contributed by atoms with Gasteiger partial charge in [-0.15, -0.1) is 0 Å². The van der Waals surface area contributed by atoms with E-state index in [-0.39, 0.29) is 5.69 Å². The van der Waals surface area contributed by atoms with Crippen LogP contribution in [0.2, 0.25) is 10.0 Å². The Morgan fingerprint density at radius 3 is 2.68 bits per heavy atom. The van der Waals surface area contributed by atoms with E-state index in [4.69, 9.17) is 23.2 Å². The van der Waals surface area contributed by atoms with Crippen LogP contribution in [0, 0.1) is 6.92 Å². The summed E-state index contributed by atoms with van der Waals surface area (Å²) in [5.41, 5.74) is 0.170. The minimum absolute atomic E-state index is 0.0563. The molecule has 3 rings (SSSR count). The Bertz CT molecular complexity index is 1010. The molecule has 2 aromatic heterocycles. The molecular weight excluding hydrogens is 418 g/mol. The van der Waals surface area contributed by atoms with E-state index < -0.39 is 29.3 Å². The molecule has 0 atom stereocenters. The average Bonchev–Trinajstić information content (AvgIpc) is 3.13. The van der Waals surface area contributed by atoms with Gasteiger partial charge < -0.3 is 5.32 Å². The van der Waals surface area contributed by atoms with Crippen molar-refractivity contribution in [3.63, 3.8) is 0 Å². The van der Waals surface area contributed by atoms with Gasteiger partial charge in [0.15, 0.2) is 5.69 Å². The second kappa shape index (κ2) is 7.84. The van der Waals surface area contributed by atoms with Crippen LogP contribution in [0.15, 0.2) is 36.7 Å². The second-order valence-corrected chi connectivity index (χ2v) is 6.82. The van der Waals surface area contributed by atoms with Gasteiger partial charge in [0.2, 0.25) is 5.91 Å². The van der Waals surface area contributed by atoms with Crippen molar-refractivity contribution >= 4 is 34.8 Å². The molecule has 148 valence electrons. The summed E-state index contributed by atoms with van der Waals surface area (Å²) in [7, 11) is 0. The first-order valence-electron chi connectivity index (χ1n) is 8.00. The highest BCUT2D eigenvalue weighted by atomic mass is 35.5. The number of carbonyl (C=O) groups is 1. The molecule has 0 fully saturated rings. The lowest BCUT2D eigenvalue weighted by molar-refractivity contribution is -0.141. The lowest BCUT2D eigenvalue weighted by Gasteiger charge is -2.05. The maximum atomic E-state index is 12.9. The van der Waals surface area contributed by atoms with Crippen molar-refractivity contribution in [3.05, 3.63) is 63.7 Å². The maximum Gasteiger partial charge on any atom is 0.436 e. The summed E-state index contributed by atoms with van der Waals surface area (Å²) in [6.45, 7) is 1.39. The van der Waals surface area contributed by atoms with E-state index in [2.05, 4.69) is 15.5 Å². The quantitative estimate of drug-likeness (QED) is 0.650. The Labute approximate surface area is 167 Å². The van der Waals surface area contributed by atoms with Gasteiger partial charge >= 0.3 is 6.18 Å². The molecular formula is C17H14Cl2F3N5O. The van der Waals surface area contributed by atoms with E-state index in [1.54, 1.807) is 23.0 Å². The SMILES string of the molecule is Cc1c(Cl)c(C(F)(F)F)nn1CC(=O)Nc1cnn(Cc2cccc(Cl)c2)c1. The first-order valence-corrected chi connectivity index (χ1v) is 8.76. The number of amides is 1. The van der Waals surface area contributed by atoms with Gasteiger partial charge in [-0.1, -0.05) is 35.3 Å². The highest BCUT2D eigenvalue weighted by Crippen LogP contribution is 2.35. The van der Waals surface area contributed by atoms with Gasteiger partial charge in [0.1, 0.15) is 6.54 Å². The summed E-state index contributed by atoms with van der Waals surface area (Å²) in [5.74, 6) is -0.557. The number of nitrogens with zero attached hydrogens (tertiary/aromatic N) is 4. The minimum Gasteiger partial charge on any atom is -0.322 e. The summed E-state index contributed by atoms with van der Waals surface area (Å²) in [5, 5.41) is 10.2. The highest BCUT2D eigenvalue weighted by Gasteiger charge is 2.38. The number of alkyl halides is 3. The van der Waals surface area contributed by atoms with Crippen LogP contribution in [0.5, 0.6) is 0 Å². The molecule has 0 bridgehead atoms. The Morgan fingerprint density at radius 2 is 2.04 bits per heavy atom. The molecule has 0 spiro atoms. The Morgan fingerprint density at radius 1 is 1.29 bits per heavy atom. The fourth-order valence-corrected chi connectivity index (χ4v) is 2.99. The van der Waals surface area contributed by atoms with E-state index in [0.29, 0.717) is 17.3 Å². The van der Waals surface area contributed by atoms with Crippen LogP contribution in [-0.2, 0) is 24.1 Å². The van der Waals surface area contributed by atoms with Crippen LogP contribution in [-0.4, -0.2) is 25.5 Å². The molecule has 1 aromatic carbocycles. The van der Waals surface area contributed by atoms with Crippen molar-refractivity contribution in [1.29, 1.82) is 0 Å². The topological polar surface area (TPSA) is 64.7 Å². The number of aromatic nitrogens is 4. The lowest BCUT2D eigenvalue weighted by atomic mass is 10.2. The standard InChI is InChI=1S/C17H14Cl2F3N5O/c1-10-15(19)16(17(20,21)22)25-27(10)9-14(28)24-13-6-23-26(8-13)7-11-3-2-4-12(18)5-11/h2-6,8H,7,9H2,1H3,(H,24,28). The van der Waals surface area contributed by atoms with E-state index in [1.165, 1.54) is 13.1 Å². The lowest BCUT2D eigenvalue weighted by Crippen LogP contribution is -2.20. The predicted molar refractivity (Wildman–Crippen MR) is 98.4 cm³/mol. The summed E-state index contributed by atoms with van der Waals surface area (Å²) in [6.07, 6.45) is -1.65. The molecule has 3 aromatic rings. The van der Waals surface area contributed by atoms with Gasteiger partial charge in [-0.2, -0.15) is 23.4 Å². The molecule has 0 saturated carbocycles. The van der Waals surface area contributed by atoms with Gasteiger partial charge in [0.25, 0.3) is 0 Å². The smallest absolute Gasteiger partial charge is 0.322 e. The van der Waals surface area contributed by atoms with E-state index >= 15 is 0 Å². The fraction of sp³-hybridized carbons (Fsp3) is 0.235. The molecule has 2 heterocycles. The molecule has 0 aliphatic rings. The molecule has 0 unspecified atom stereocenters. The number of carbonyl (C=O) groups excluding carboxylic acids is 1. The molecule has 0 aliphatic heterocycles. The van der Waals surface area contributed by atoms with Gasteiger partial charge in [-0.3, -0.25) is 14.2 Å². The van der Waals surface area contributed by atoms with Gasteiger partial charge in [0.05, 0.1) is 29.1 Å². The Balaban J connectivity index is 1.65. The van der Waals surface area contributed by atoms with Gasteiger partial charge in [-0.05, 0) is 24.6 Å². The number of hydrogen-bond donors (Lipinski definition) is 1. The number of halogens is 5. The summed E-state index contributed by atoms with van der Waals surface area (Å²) >= 11 is 11.6. The van der Waals surface area contributed by atoms with Crippen molar-refractivity contribution in [1.82, 2.24) is 19.6 Å². The highest BCUT2D eigenvalue weighted by molar-refractivity contribution is 6.32. The zero-order valence-electron chi connectivity index (χ0n) is 14.5. The Kier molecular flexibility index (Phi) is 5.66. The van der Waals surface area contributed by atoms with E-state index in [9.17, 15) is 18.0 Å². The first-order chi connectivity index (χ1) is 13.1. The molecule has 6 nitrogen and oxygen atoms in total. The first kappa shape index (κ1) is 20.2. The predicted octanol–water partition coefficient (Wildman–Crippen LogP) is 4.40. The summed E-state index contributed by atoms with van der Waals surface area (Å²) < 4.78 is 41.1. The largest absolute Gasteiger partial charge is 0.436 e. The van der Waals surface area contributed by atoms with E-state index in [1.807, 2.05) is 12.1 Å². The van der Waals surface area contributed by atoms with Crippen LogP contribution >= 0.6 is 23.2 Å². The second-order valence-electron chi connectivity index (χ2n) is 6.01. The zero-order chi connectivity index (χ0) is 20.5. The minimum atomic E-state index is -4.69. The Hall–Kier alpha value is -2.52. The van der Waals surface area contributed by atoms with Crippen LogP contribution in [0.25, 0.3) is 0 Å². The molecule has 0 radical (unpaired) electrons. The average molecular weight is 432 g/mol. The number of anilines is 1. The number of rotatable bonds is 5. The summed E-state index contributed by atoms with van der Waals surface area (Å²) in [6, 6.07) is 7.25. The molecule has 28 heavy (non-hydrogen) atoms. The maximum absolute atomic E-state index is 12.9. The van der Waals surface area contributed by atoms with Crippen molar-refractivity contribution in [2.45, 2.75) is 26.2 Å². The zero-order valence-corrected chi connectivity index (χ0v) is 16.0. The fourth-order valence-electron chi connectivity index (χ4n) is 2.53. The van der Waals surface area contributed by atoms with Crippen molar-refractivity contribution in [2.24, 2.45) is 0 Å². The third-order valence-corrected chi connectivity index (χ3v) is 4.53. The monoisotopic (exact) mass is 431 g/mol. The van der Waals surface area contributed by atoms with Crippen LogP contribution in [0.4, 0.5) is 18.9 Å². The number of nitrogens with one attached hydrogen (secondary N) is 1. The van der Waals surface area contributed by atoms with E-state index in [0.717, 1.165) is 10.2 Å². The van der Waals surface area contributed by atoms with Crippen molar-refractivity contribution in [2.75, 3.05) is 5.32 Å². The van der Waals surface area contributed by atoms with Crippen molar-refractivity contribution in [3.8, 4) is 0 Å². The van der Waals surface area contributed by atoms with Crippen LogP contribution in [0.1, 0.15) is 17.0 Å².